The summed E-state index contributed by atoms with van der Waals surface area (Å²) >= 11 is 0. The molecule has 1 saturated heterocycles. The maximum absolute atomic E-state index is 12.6. The molecule has 1 aromatic carbocycles. The van der Waals surface area contributed by atoms with E-state index in [1.54, 1.807) is 17.0 Å². The van der Waals surface area contributed by atoms with Crippen molar-refractivity contribution in [2.75, 3.05) is 25.0 Å². The summed E-state index contributed by atoms with van der Waals surface area (Å²) in [4.78, 5) is 19.3. The number of nitrogens with zero attached hydrogens (tertiary/aromatic N) is 3. The zero-order chi connectivity index (χ0) is 20.1. The van der Waals surface area contributed by atoms with Crippen molar-refractivity contribution < 1.29 is 0 Å². The van der Waals surface area contributed by atoms with Crippen molar-refractivity contribution in [3.05, 3.63) is 56.9 Å². The molecule has 4 rings (SSSR count). The van der Waals surface area contributed by atoms with Crippen LogP contribution < -0.4 is 27.0 Å². The number of aryl methyl sites for hydroxylation is 1. The second-order valence-electron chi connectivity index (χ2n) is 8.06. The van der Waals surface area contributed by atoms with Gasteiger partial charge in [0.15, 0.2) is 5.82 Å². The molecule has 2 aromatic rings. The van der Waals surface area contributed by atoms with E-state index in [0.29, 0.717) is 24.9 Å². The Labute approximate surface area is 171 Å². The van der Waals surface area contributed by atoms with Crippen molar-refractivity contribution >= 4 is 18.0 Å². The average molecular weight is 394 g/mol. The van der Waals surface area contributed by atoms with Gasteiger partial charge in [-0.3, -0.25) is 9.69 Å². The molecular formula is C23H31N5O. The first-order valence-electron chi connectivity index (χ1n) is 10.8. The number of hydrogen-bond donors (Lipinski definition) is 2. The third-order valence-electron chi connectivity index (χ3n) is 5.90. The Hall–Kier alpha value is -2.44. The van der Waals surface area contributed by atoms with Crippen LogP contribution in [0.1, 0.15) is 37.7 Å². The molecule has 0 bridgehead atoms. The summed E-state index contributed by atoms with van der Waals surface area (Å²) in [6, 6.07) is 7.15. The summed E-state index contributed by atoms with van der Waals surface area (Å²) in [5.41, 5.74) is 6.89. The van der Waals surface area contributed by atoms with E-state index in [1.165, 1.54) is 16.0 Å². The first-order valence-corrected chi connectivity index (χ1v) is 10.8. The number of fused-ring (bicyclic) bond motifs is 1. The van der Waals surface area contributed by atoms with Gasteiger partial charge in [0.05, 0.1) is 0 Å². The molecule has 29 heavy (non-hydrogen) atoms. The van der Waals surface area contributed by atoms with Crippen LogP contribution in [-0.2, 0) is 13.1 Å². The van der Waals surface area contributed by atoms with Gasteiger partial charge in [-0.25, -0.2) is 4.98 Å². The maximum Gasteiger partial charge on any atom is 0.293 e. The standard InChI is InChI=1S/C23H31N5O/c24-10-3-12-28-15-11-25-22(23(28)29)26-21-8-13-27(14-9-21)17-18-6-7-19-4-1-2-5-20(19)16-18/h4-7,11,15-16,21H,1-3,8-10,12-14,17,24H2,(H,25,26). The Kier molecular flexibility index (Phi) is 6.42. The van der Waals surface area contributed by atoms with Crippen molar-refractivity contribution in [3.8, 4) is 0 Å². The van der Waals surface area contributed by atoms with Crippen LogP contribution in [0, 0.1) is 0 Å². The van der Waals surface area contributed by atoms with E-state index in [1.807, 2.05) is 0 Å². The van der Waals surface area contributed by atoms with Crippen molar-refractivity contribution in [1.82, 2.24) is 14.5 Å². The van der Waals surface area contributed by atoms with Gasteiger partial charge >= 0.3 is 0 Å². The molecule has 1 aliphatic heterocycles. The zero-order valence-corrected chi connectivity index (χ0v) is 17.0. The van der Waals surface area contributed by atoms with Gasteiger partial charge in [0.2, 0.25) is 0 Å². The Morgan fingerprint density at radius 2 is 1.93 bits per heavy atom. The smallest absolute Gasteiger partial charge is 0.293 e. The second-order valence-corrected chi connectivity index (χ2v) is 8.06. The highest BCUT2D eigenvalue weighted by molar-refractivity contribution is 5.39. The monoisotopic (exact) mass is 393 g/mol. The number of benzene rings is 1. The summed E-state index contributed by atoms with van der Waals surface area (Å²) in [6.45, 7) is 4.26. The Morgan fingerprint density at radius 3 is 2.72 bits per heavy atom. The highest BCUT2D eigenvalue weighted by Crippen LogP contribution is 2.15. The van der Waals surface area contributed by atoms with Crippen molar-refractivity contribution in [3.63, 3.8) is 0 Å². The Bertz CT molecular complexity index is 1000. The van der Waals surface area contributed by atoms with E-state index >= 15 is 0 Å². The van der Waals surface area contributed by atoms with Crippen LogP contribution >= 0.6 is 0 Å². The molecule has 0 atom stereocenters. The Balaban J connectivity index is 1.33. The largest absolute Gasteiger partial charge is 0.363 e. The third kappa shape index (κ3) is 4.95. The molecule has 2 heterocycles. The predicted octanol–water partition coefficient (Wildman–Crippen LogP) is 1.02. The minimum atomic E-state index is -0.0505. The van der Waals surface area contributed by atoms with Crippen LogP contribution in [0.4, 0.5) is 5.82 Å². The van der Waals surface area contributed by atoms with Crippen LogP contribution in [0.25, 0.3) is 12.2 Å². The number of rotatable bonds is 7. The topological polar surface area (TPSA) is 76.2 Å². The van der Waals surface area contributed by atoms with Crippen LogP contribution in [-0.4, -0.2) is 40.1 Å². The number of piperidine rings is 1. The van der Waals surface area contributed by atoms with Gasteiger partial charge in [-0.05, 0) is 54.6 Å². The molecule has 0 unspecified atom stereocenters. The summed E-state index contributed by atoms with van der Waals surface area (Å²) in [7, 11) is 0. The molecule has 1 aliphatic carbocycles. The Morgan fingerprint density at radius 1 is 1.14 bits per heavy atom. The first kappa shape index (κ1) is 19.9. The van der Waals surface area contributed by atoms with E-state index < -0.39 is 0 Å². The van der Waals surface area contributed by atoms with E-state index in [0.717, 1.165) is 51.7 Å². The highest BCUT2D eigenvalue weighted by atomic mass is 16.1. The second kappa shape index (κ2) is 9.37. The van der Waals surface area contributed by atoms with Crippen molar-refractivity contribution in [1.29, 1.82) is 0 Å². The number of aromatic nitrogens is 2. The maximum atomic E-state index is 12.6. The van der Waals surface area contributed by atoms with Gasteiger partial charge in [0.1, 0.15) is 0 Å². The van der Waals surface area contributed by atoms with E-state index in [9.17, 15) is 4.79 Å². The van der Waals surface area contributed by atoms with E-state index in [-0.39, 0.29) is 5.56 Å². The highest BCUT2D eigenvalue weighted by Gasteiger charge is 2.20. The van der Waals surface area contributed by atoms with Crippen LogP contribution in [0.2, 0.25) is 0 Å². The number of nitrogens with one attached hydrogen (secondary N) is 1. The van der Waals surface area contributed by atoms with Crippen LogP contribution in [0.3, 0.4) is 0 Å². The fraction of sp³-hybridized carbons (Fsp3) is 0.478. The number of hydrogen-bond acceptors (Lipinski definition) is 5. The minimum Gasteiger partial charge on any atom is -0.363 e. The van der Waals surface area contributed by atoms with Crippen LogP contribution in [0.15, 0.2) is 35.4 Å². The quantitative estimate of drug-likeness (QED) is 0.735. The van der Waals surface area contributed by atoms with Gasteiger partial charge in [0, 0.05) is 44.6 Å². The molecule has 154 valence electrons. The summed E-state index contributed by atoms with van der Waals surface area (Å²) in [6.07, 6.45) is 13.2. The first-order chi connectivity index (χ1) is 14.2. The molecule has 0 amide bonds. The lowest BCUT2D eigenvalue weighted by molar-refractivity contribution is 0.211. The zero-order valence-electron chi connectivity index (χ0n) is 17.0. The molecule has 0 spiro atoms. The minimum absolute atomic E-state index is 0.0505. The lowest BCUT2D eigenvalue weighted by Gasteiger charge is -2.32. The fourth-order valence-electron chi connectivity index (χ4n) is 4.23. The van der Waals surface area contributed by atoms with Crippen molar-refractivity contribution in [2.24, 2.45) is 5.73 Å². The summed E-state index contributed by atoms with van der Waals surface area (Å²) in [5, 5.41) is 6.13. The number of anilines is 1. The fourth-order valence-corrected chi connectivity index (χ4v) is 4.23. The lowest BCUT2D eigenvalue weighted by Crippen LogP contribution is -2.40. The molecule has 1 aromatic heterocycles. The number of likely N-dealkylation sites (tertiary alicyclic amines) is 1. The van der Waals surface area contributed by atoms with Gasteiger partial charge < -0.3 is 15.6 Å². The van der Waals surface area contributed by atoms with Gasteiger partial charge in [-0.15, -0.1) is 0 Å². The van der Waals surface area contributed by atoms with Gasteiger partial charge in [-0.1, -0.05) is 30.4 Å². The third-order valence-corrected chi connectivity index (χ3v) is 5.90. The normalized spacial score (nSPS) is 17.3. The van der Waals surface area contributed by atoms with E-state index in [4.69, 9.17) is 5.73 Å². The van der Waals surface area contributed by atoms with Crippen LogP contribution in [0.5, 0.6) is 0 Å². The van der Waals surface area contributed by atoms with Gasteiger partial charge in [0.25, 0.3) is 5.56 Å². The summed E-state index contributed by atoms with van der Waals surface area (Å²) < 4.78 is 1.70. The molecule has 6 heteroatoms. The van der Waals surface area contributed by atoms with Crippen molar-refractivity contribution in [2.45, 2.75) is 51.2 Å². The van der Waals surface area contributed by atoms with Gasteiger partial charge in [-0.2, -0.15) is 0 Å². The lowest BCUT2D eigenvalue weighted by atomic mass is 10.0. The molecule has 2 aliphatic rings. The molecule has 1 fully saturated rings. The molecular weight excluding hydrogens is 362 g/mol. The average Bonchev–Trinajstić information content (AvgIpc) is 2.75. The molecule has 0 radical (unpaired) electrons. The molecule has 6 nitrogen and oxygen atoms in total. The SMILES string of the molecule is NCCCn1ccnc(NC2CCN(Cc3ccc4c(c3)=CCCC=4)CC2)c1=O. The predicted molar refractivity (Wildman–Crippen MR) is 118 cm³/mol. The number of nitrogens with two attached hydrogens (primary N) is 1. The summed E-state index contributed by atoms with van der Waals surface area (Å²) in [5.74, 6) is 0.462. The molecule has 3 N–H and O–H groups in total. The van der Waals surface area contributed by atoms with E-state index in [2.05, 4.69) is 45.6 Å². The molecule has 0 saturated carbocycles.